The first-order valence-corrected chi connectivity index (χ1v) is 7.00. The van der Waals surface area contributed by atoms with Crippen molar-refractivity contribution in [3.63, 3.8) is 0 Å². The molecule has 2 atom stereocenters. The van der Waals surface area contributed by atoms with Crippen LogP contribution in [0, 0.1) is 5.92 Å². The third-order valence-corrected chi connectivity index (χ3v) is 3.41. The van der Waals surface area contributed by atoms with E-state index in [0.717, 1.165) is 5.92 Å². The Morgan fingerprint density at radius 3 is 2.69 bits per heavy atom. The molecule has 13 heavy (non-hydrogen) atoms. The maximum absolute atomic E-state index is 10.8. The Kier molecular flexibility index (Phi) is 3.74. The van der Waals surface area contributed by atoms with Gasteiger partial charge in [0.1, 0.15) is 9.84 Å². The number of hydrogen-bond donors (Lipinski definition) is 1. The Bertz CT molecular complexity index is 248. The minimum Gasteiger partial charge on any atom is -0.313 e. The Balaban J connectivity index is 2.03. The van der Waals surface area contributed by atoms with E-state index in [4.69, 9.17) is 0 Å². The topological polar surface area (TPSA) is 46.2 Å². The summed E-state index contributed by atoms with van der Waals surface area (Å²) in [7, 11) is -2.78. The summed E-state index contributed by atoms with van der Waals surface area (Å²) in [6.45, 7) is 2.80. The highest BCUT2D eigenvalue weighted by molar-refractivity contribution is 7.90. The van der Waals surface area contributed by atoms with Gasteiger partial charge in [-0.15, -0.1) is 0 Å². The van der Waals surface area contributed by atoms with Gasteiger partial charge in [0.05, 0.1) is 5.75 Å². The molecule has 4 heteroatoms. The molecule has 0 spiro atoms. The molecule has 1 aliphatic carbocycles. The molecule has 0 aromatic rings. The molecule has 0 amide bonds. The summed E-state index contributed by atoms with van der Waals surface area (Å²) < 4.78 is 21.6. The van der Waals surface area contributed by atoms with Gasteiger partial charge in [-0.25, -0.2) is 8.42 Å². The van der Waals surface area contributed by atoms with Crippen molar-refractivity contribution < 1.29 is 8.42 Å². The Labute approximate surface area is 80.8 Å². The molecule has 2 unspecified atom stereocenters. The molecule has 0 saturated heterocycles. The zero-order chi connectivity index (χ0) is 9.90. The first-order valence-electron chi connectivity index (χ1n) is 4.94. The van der Waals surface area contributed by atoms with Crippen LogP contribution >= 0.6 is 0 Å². The lowest BCUT2D eigenvalue weighted by molar-refractivity contribution is 0.587. The molecule has 0 aromatic heterocycles. The summed E-state index contributed by atoms with van der Waals surface area (Å²) in [5, 5.41) is 3.27. The Hall–Kier alpha value is -0.0900. The van der Waals surface area contributed by atoms with Gasteiger partial charge in [0, 0.05) is 18.8 Å². The van der Waals surface area contributed by atoms with Gasteiger partial charge in [-0.2, -0.15) is 0 Å². The third-order valence-electron chi connectivity index (χ3n) is 2.46. The molecule has 1 N–H and O–H groups in total. The van der Waals surface area contributed by atoms with Crippen molar-refractivity contribution in [1.82, 2.24) is 5.32 Å². The first-order chi connectivity index (χ1) is 6.03. The van der Waals surface area contributed by atoms with Crippen LogP contribution in [-0.2, 0) is 9.84 Å². The van der Waals surface area contributed by atoms with Gasteiger partial charge in [0.25, 0.3) is 0 Å². The smallest absolute Gasteiger partial charge is 0.148 e. The molecule has 0 aromatic carbocycles. The fraction of sp³-hybridized carbons (Fsp3) is 1.00. The third kappa shape index (κ3) is 4.62. The lowest BCUT2D eigenvalue weighted by atomic mass is 10.2. The Morgan fingerprint density at radius 2 is 2.15 bits per heavy atom. The molecule has 3 nitrogen and oxygen atoms in total. The van der Waals surface area contributed by atoms with Crippen molar-refractivity contribution in [2.24, 2.45) is 5.92 Å². The molecule has 0 bridgehead atoms. The first kappa shape index (κ1) is 11.0. The van der Waals surface area contributed by atoms with E-state index in [-0.39, 0.29) is 5.75 Å². The average molecular weight is 205 g/mol. The van der Waals surface area contributed by atoms with E-state index in [1.807, 2.05) is 0 Å². The maximum atomic E-state index is 10.8. The highest BCUT2D eigenvalue weighted by Gasteiger charge is 2.35. The molecule has 1 fully saturated rings. The standard InChI is InChI=1S/C9H19NO2S/c1-3-4-8-7-9(8)10-5-6-13(2,11)12/h8-10H,3-7H2,1-2H3. The van der Waals surface area contributed by atoms with Gasteiger partial charge in [0.2, 0.25) is 0 Å². The van der Waals surface area contributed by atoms with Crippen molar-refractivity contribution in [3.8, 4) is 0 Å². The molecule has 1 rings (SSSR count). The SMILES string of the molecule is CCCC1CC1NCCS(C)(=O)=O. The molecular formula is C9H19NO2S. The molecular weight excluding hydrogens is 186 g/mol. The van der Waals surface area contributed by atoms with E-state index in [9.17, 15) is 8.42 Å². The number of hydrogen-bond acceptors (Lipinski definition) is 3. The van der Waals surface area contributed by atoms with E-state index in [2.05, 4.69) is 12.2 Å². The molecule has 1 aliphatic rings. The summed E-state index contributed by atoms with van der Waals surface area (Å²) in [6.07, 6.45) is 5.02. The van der Waals surface area contributed by atoms with Crippen molar-refractivity contribution in [3.05, 3.63) is 0 Å². The number of rotatable bonds is 6. The second kappa shape index (κ2) is 4.42. The van der Waals surface area contributed by atoms with Gasteiger partial charge in [-0.05, 0) is 18.8 Å². The van der Waals surface area contributed by atoms with Crippen LogP contribution in [0.4, 0.5) is 0 Å². The normalized spacial score (nSPS) is 27.5. The molecule has 1 saturated carbocycles. The lowest BCUT2D eigenvalue weighted by Gasteiger charge is -2.01. The fourth-order valence-electron chi connectivity index (χ4n) is 1.62. The number of nitrogens with one attached hydrogen (secondary N) is 1. The van der Waals surface area contributed by atoms with E-state index in [0.29, 0.717) is 12.6 Å². The molecule has 78 valence electrons. The van der Waals surface area contributed by atoms with Crippen LogP contribution in [0.25, 0.3) is 0 Å². The number of sulfone groups is 1. The summed E-state index contributed by atoms with van der Waals surface area (Å²) in [6, 6.07) is 0.599. The van der Waals surface area contributed by atoms with E-state index < -0.39 is 9.84 Å². The van der Waals surface area contributed by atoms with Crippen LogP contribution in [0.1, 0.15) is 26.2 Å². The summed E-state index contributed by atoms with van der Waals surface area (Å²) in [5.41, 5.74) is 0. The van der Waals surface area contributed by atoms with Gasteiger partial charge < -0.3 is 5.32 Å². The van der Waals surface area contributed by atoms with Crippen molar-refractivity contribution in [2.75, 3.05) is 18.6 Å². The maximum Gasteiger partial charge on any atom is 0.148 e. The summed E-state index contributed by atoms with van der Waals surface area (Å²) >= 11 is 0. The highest BCUT2D eigenvalue weighted by atomic mass is 32.2. The zero-order valence-electron chi connectivity index (χ0n) is 8.41. The lowest BCUT2D eigenvalue weighted by Crippen LogP contribution is -2.25. The molecule has 0 radical (unpaired) electrons. The quantitative estimate of drug-likeness (QED) is 0.698. The largest absolute Gasteiger partial charge is 0.313 e. The molecule has 0 heterocycles. The van der Waals surface area contributed by atoms with Crippen molar-refractivity contribution >= 4 is 9.84 Å². The zero-order valence-corrected chi connectivity index (χ0v) is 9.23. The predicted octanol–water partition coefficient (Wildman–Crippen LogP) is 0.809. The van der Waals surface area contributed by atoms with Crippen LogP contribution in [-0.4, -0.2) is 33.0 Å². The Morgan fingerprint density at radius 1 is 1.46 bits per heavy atom. The van der Waals surface area contributed by atoms with Crippen LogP contribution < -0.4 is 5.32 Å². The average Bonchev–Trinajstić information content (AvgIpc) is 2.66. The van der Waals surface area contributed by atoms with Crippen LogP contribution in [0.2, 0.25) is 0 Å². The highest BCUT2D eigenvalue weighted by Crippen LogP contribution is 2.34. The second-order valence-corrected chi connectivity index (χ2v) is 6.23. The van der Waals surface area contributed by atoms with Gasteiger partial charge in [-0.1, -0.05) is 13.3 Å². The fourth-order valence-corrected chi connectivity index (χ4v) is 2.11. The van der Waals surface area contributed by atoms with Crippen LogP contribution in [0.3, 0.4) is 0 Å². The summed E-state index contributed by atoms with van der Waals surface area (Å²) in [4.78, 5) is 0. The minimum absolute atomic E-state index is 0.266. The van der Waals surface area contributed by atoms with Crippen LogP contribution in [0.15, 0.2) is 0 Å². The van der Waals surface area contributed by atoms with Crippen LogP contribution in [0.5, 0.6) is 0 Å². The van der Waals surface area contributed by atoms with Gasteiger partial charge >= 0.3 is 0 Å². The van der Waals surface area contributed by atoms with Gasteiger partial charge in [0.15, 0.2) is 0 Å². The minimum atomic E-state index is -2.78. The van der Waals surface area contributed by atoms with E-state index in [1.54, 1.807) is 0 Å². The van der Waals surface area contributed by atoms with Crippen molar-refractivity contribution in [2.45, 2.75) is 32.2 Å². The predicted molar refractivity (Wildman–Crippen MR) is 54.5 cm³/mol. The van der Waals surface area contributed by atoms with Gasteiger partial charge in [-0.3, -0.25) is 0 Å². The summed E-state index contributed by atoms with van der Waals surface area (Å²) in [5.74, 6) is 1.08. The van der Waals surface area contributed by atoms with Crippen molar-refractivity contribution in [1.29, 1.82) is 0 Å². The second-order valence-electron chi connectivity index (χ2n) is 3.97. The van der Waals surface area contributed by atoms with E-state index in [1.165, 1.54) is 25.5 Å². The monoisotopic (exact) mass is 205 g/mol. The molecule has 0 aliphatic heterocycles. The van der Waals surface area contributed by atoms with E-state index >= 15 is 0 Å².